The summed E-state index contributed by atoms with van der Waals surface area (Å²) < 4.78 is 1.39. The molecule has 1 saturated heterocycles. The lowest BCUT2D eigenvalue weighted by atomic mass is 9.87. The number of nitrogens with zero attached hydrogens (tertiary/aromatic N) is 1. The Balaban J connectivity index is 1.50. The molecule has 0 bridgehead atoms. The van der Waals surface area contributed by atoms with E-state index < -0.39 is 11.2 Å². The Morgan fingerprint density at radius 2 is 1.90 bits per heavy atom. The average Bonchev–Trinajstić information content (AvgIpc) is 3.43. The Hall–Kier alpha value is -2.40. The monoisotopic (exact) mass is 491 g/mol. The van der Waals surface area contributed by atoms with Crippen LogP contribution in [0.1, 0.15) is 15.7 Å². The number of rotatable bonds is 4. The third kappa shape index (κ3) is 3.63. The van der Waals surface area contributed by atoms with Crippen molar-refractivity contribution in [3.05, 3.63) is 66.2 Å². The minimum absolute atomic E-state index is 0.190. The second-order valence-corrected chi connectivity index (χ2v) is 10.6. The summed E-state index contributed by atoms with van der Waals surface area (Å²) in [5.74, 6) is -2.00. The molecule has 3 aromatic rings. The van der Waals surface area contributed by atoms with Crippen molar-refractivity contribution in [1.29, 1.82) is 0 Å². The van der Waals surface area contributed by atoms with E-state index in [1.54, 1.807) is 24.3 Å². The van der Waals surface area contributed by atoms with E-state index in [-0.39, 0.29) is 35.1 Å². The molecule has 2 aliphatic rings. The van der Waals surface area contributed by atoms with Crippen molar-refractivity contribution < 1.29 is 14.4 Å². The number of thiazole rings is 1. The lowest BCUT2D eigenvalue weighted by molar-refractivity contribution is -0.126. The molecule has 0 aliphatic carbocycles. The van der Waals surface area contributed by atoms with Crippen LogP contribution in [0.5, 0.6) is 0 Å². The van der Waals surface area contributed by atoms with E-state index in [2.05, 4.69) is 10.6 Å². The minimum atomic E-state index is -0.633. The fourth-order valence-corrected chi connectivity index (χ4v) is 7.64. The van der Waals surface area contributed by atoms with Crippen LogP contribution >= 0.6 is 46.0 Å². The number of hydrogen-bond acceptors (Lipinski definition) is 7. The summed E-state index contributed by atoms with van der Waals surface area (Å²) >= 11 is 9.57. The Bertz CT molecular complexity index is 1250. The summed E-state index contributed by atoms with van der Waals surface area (Å²) in [7, 11) is 0. The second-order valence-electron chi connectivity index (χ2n) is 7.09. The fraction of sp³-hybridized carbons (Fsp3) is 0.200. The van der Waals surface area contributed by atoms with Gasteiger partial charge in [-0.05, 0) is 35.7 Å². The SMILES string of the molecule is O=C(Cn1c2c(sc1=O)[C@@H](c1cccs1)[C@H]1C(=O)NC(=O)[C@H]1S2)Nc1ccc(Cl)cc1. The van der Waals surface area contributed by atoms with Crippen LogP contribution in [0, 0.1) is 5.92 Å². The number of thiophene rings is 1. The van der Waals surface area contributed by atoms with E-state index in [4.69, 9.17) is 11.6 Å². The Labute approximate surface area is 193 Å². The van der Waals surface area contributed by atoms with Crippen LogP contribution < -0.4 is 15.5 Å². The van der Waals surface area contributed by atoms with Crippen LogP contribution in [-0.4, -0.2) is 27.5 Å². The van der Waals surface area contributed by atoms with Crippen LogP contribution in [-0.2, 0) is 20.9 Å². The van der Waals surface area contributed by atoms with Crippen molar-refractivity contribution in [3.8, 4) is 0 Å². The molecule has 7 nitrogen and oxygen atoms in total. The van der Waals surface area contributed by atoms with Gasteiger partial charge in [0.25, 0.3) is 0 Å². The summed E-state index contributed by atoms with van der Waals surface area (Å²) in [5.41, 5.74) is 0.566. The van der Waals surface area contributed by atoms with Crippen LogP contribution in [0.3, 0.4) is 0 Å². The van der Waals surface area contributed by atoms with Gasteiger partial charge >= 0.3 is 4.87 Å². The molecule has 3 atom stereocenters. The normalized spacial score (nSPS) is 22.0. The highest BCUT2D eigenvalue weighted by Gasteiger charge is 2.53. The van der Waals surface area contributed by atoms with Crippen LogP contribution in [0.15, 0.2) is 51.6 Å². The summed E-state index contributed by atoms with van der Waals surface area (Å²) in [6, 6.07) is 10.5. The molecule has 158 valence electrons. The van der Waals surface area contributed by atoms with Crippen molar-refractivity contribution >= 4 is 69.4 Å². The molecule has 0 spiro atoms. The van der Waals surface area contributed by atoms with Gasteiger partial charge < -0.3 is 5.32 Å². The third-order valence-electron chi connectivity index (χ3n) is 5.17. The van der Waals surface area contributed by atoms with E-state index in [9.17, 15) is 19.2 Å². The lowest BCUT2D eigenvalue weighted by Gasteiger charge is -2.29. The predicted octanol–water partition coefficient (Wildman–Crippen LogP) is 3.14. The number of halogens is 1. The molecule has 2 aromatic heterocycles. The van der Waals surface area contributed by atoms with Gasteiger partial charge in [0.1, 0.15) is 11.8 Å². The van der Waals surface area contributed by atoms with E-state index in [0.717, 1.165) is 21.1 Å². The molecule has 3 amide bonds. The standard InChI is InChI=1S/C20H14ClN3O4S3/c21-9-3-5-10(6-4-9)22-12(25)8-24-19-16(31-20(24)28)13(11-2-1-7-29-11)14-15(30-19)18(27)23-17(14)26/h1-7,13-15H,8H2,(H,22,25)(H,23,26,27)/t13-,14+,15-/m0/s1. The summed E-state index contributed by atoms with van der Waals surface area (Å²) in [5, 5.41) is 7.57. The van der Waals surface area contributed by atoms with Gasteiger partial charge in [-0.1, -0.05) is 40.8 Å². The molecule has 2 aliphatic heterocycles. The first-order chi connectivity index (χ1) is 14.9. The third-order valence-corrected chi connectivity index (χ3v) is 8.99. The number of benzene rings is 1. The van der Waals surface area contributed by atoms with Gasteiger partial charge in [-0.3, -0.25) is 29.1 Å². The maximum absolute atomic E-state index is 12.8. The largest absolute Gasteiger partial charge is 0.325 e. The van der Waals surface area contributed by atoms with Crippen molar-refractivity contribution in [2.75, 3.05) is 5.32 Å². The number of hydrogen-bond donors (Lipinski definition) is 2. The van der Waals surface area contributed by atoms with Gasteiger partial charge in [0.05, 0.1) is 10.9 Å². The lowest BCUT2D eigenvalue weighted by Crippen LogP contribution is -2.32. The van der Waals surface area contributed by atoms with Crippen molar-refractivity contribution in [2.24, 2.45) is 5.92 Å². The minimum Gasteiger partial charge on any atom is -0.325 e. The average molecular weight is 492 g/mol. The van der Waals surface area contributed by atoms with E-state index in [1.807, 2.05) is 17.5 Å². The molecule has 11 heteroatoms. The maximum Gasteiger partial charge on any atom is 0.308 e. The molecule has 0 saturated carbocycles. The number of imide groups is 1. The van der Waals surface area contributed by atoms with Crippen molar-refractivity contribution in [1.82, 2.24) is 9.88 Å². The Kier molecular flexibility index (Phi) is 5.25. The smallest absolute Gasteiger partial charge is 0.308 e. The van der Waals surface area contributed by atoms with Crippen LogP contribution in [0.2, 0.25) is 5.02 Å². The number of carbonyl (C=O) groups excluding carboxylic acids is 3. The number of fused-ring (bicyclic) bond motifs is 2. The molecule has 1 aromatic carbocycles. The van der Waals surface area contributed by atoms with Gasteiger partial charge in [0.2, 0.25) is 17.7 Å². The Morgan fingerprint density at radius 1 is 1.13 bits per heavy atom. The predicted molar refractivity (Wildman–Crippen MR) is 121 cm³/mol. The number of amides is 3. The highest BCUT2D eigenvalue weighted by Crippen LogP contribution is 2.52. The van der Waals surface area contributed by atoms with Crippen LogP contribution in [0.4, 0.5) is 5.69 Å². The number of nitrogens with one attached hydrogen (secondary N) is 2. The van der Waals surface area contributed by atoms with Gasteiger partial charge in [0, 0.05) is 26.4 Å². The number of carbonyl (C=O) groups is 3. The quantitative estimate of drug-likeness (QED) is 0.546. The highest BCUT2D eigenvalue weighted by atomic mass is 35.5. The second kappa shape index (κ2) is 7.94. The number of thioether (sulfide) groups is 1. The van der Waals surface area contributed by atoms with Gasteiger partial charge in [0.15, 0.2) is 0 Å². The molecule has 31 heavy (non-hydrogen) atoms. The molecule has 0 unspecified atom stereocenters. The van der Waals surface area contributed by atoms with Crippen molar-refractivity contribution in [3.63, 3.8) is 0 Å². The highest BCUT2D eigenvalue weighted by molar-refractivity contribution is 8.00. The van der Waals surface area contributed by atoms with E-state index >= 15 is 0 Å². The number of anilines is 1. The molecule has 5 rings (SSSR count). The van der Waals surface area contributed by atoms with Gasteiger partial charge in [-0.2, -0.15) is 0 Å². The van der Waals surface area contributed by atoms with Crippen molar-refractivity contribution in [2.45, 2.75) is 22.7 Å². The van der Waals surface area contributed by atoms with Gasteiger partial charge in [-0.25, -0.2) is 0 Å². The topological polar surface area (TPSA) is 97.3 Å². The Morgan fingerprint density at radius 3 is 2.61 bits per heavy atom. The zero-order valence-electron chi connectivity index (χ0n) is 15.7. The molecular weight excluding hydrogens is 478 g/mol. The number of aromatic nitrogens is 1. The first kappa shape index (κ1) is 20.5. The van der Waals surface area contributed by atoms with E-state index in [1.165, 1.54) is 27.7 Å². The summed E-state index contributed by atoms with van der Waals surface area (Å²) in [6.45, 7) is -0.190. The maximum atomic E-state index is 12.8. The molecule has 2 N–H and O–H groups in total. The summed E-state index contributed by atoms with van der Waals surface area (Å²) in [4.78, 5) is 51.8. The molecule has 0 radical (unpaired) electrons. The molecule has 4 heterocycles. The zero-order chi connectivity index (χ0) is 21.7. The van der Waals surface area contributed by atoms with Gasteiger partial charge in [-0.15, -0.1) is 11.3 Å². The van der Waals surface area contributed by atoms with Crippen LogP contribution in [0.25, 0.3) is 0 Å². The molecule has 1 fully saturated rings. The first-order valence-corrected chi connectivity index (χ1v) is 12.2. The molecular formula is C20H14ClN3O4S3. The summed E-state index contributed by atoms with van der Waals surface area (Å²) in [6.07, 6.45) is 0. The zero-order valence-corrected chi connectivity index (χ0v) is 18.9. The fourth-order valence-electron chi connectivity index (χ4n) is 3.83. The first-order valence-electron chi connectivity index (χ1n) is 9.26. The van der Waals surface area contributed by atoms with E-state index in [0.29, 0.717) is 15.7 Å².